The molecule has 2 rings (SSSR count). The summed E-state index contributed by atoms with van der Waals surface area (Å²) < 4.78 is 61.4. The van der Waals surface area contributed by atoms with E-state index < -0.39 is 7.81 Å². The number of aromatic nitrogens is 1. The van der Waals surface area contributed by atoms with Gasteiger partial charge in [-0.05, 0) is 24.5 Å². The van der Waals surface area contributed by atoms with Crippen molar-refractivity contribution in [1.82, 2.24) is 0 Å². The first-order valence-electron chi connectivity index (χ1n) is 6.68. The standard InChI is InChI=1S/C14H18N.F6P/c1-4-11-10-15(3)14-9-7-6-8-13(14)12(11)5-2;1-7(2,3,4,5)6/h6-10H,4-5H2,1-3H3;/q+1;-1. The topological polar surface area (TPSA) is 3.88 Å². The Kier molecular flexibility index (Phi) is 4.56. The quantitative estimate of drug-likeness (QED) is 0.348. The SMILES string of the molecule is CCc1c[n+](C)c2ccccc2c1CC.F[P-](F)(F)(F)(F)F. The summed E-state index contributed by atoms with van der Waals surface area (Å²) in [5, 5.41) is 1.40. The molecule has 0 aliphatic rings. The molecule has 126 valence electrons. The van der Waals surface area contributed by atoms with E-state index in [1.165, 1.54) is 22.0 Å². The van der Waals surface area contributed by atoms with Crippen LogP contribution in [0.4, 0.5) is 25.2 Å². The third kappa shape index (κ3) is 6.60. The van der Waals surface area contributed by atoms with Crippen LogP contribution in [0.25, 0.3) is 10.9 Å². The van der Waals surface area contributed by atoms with Gasteiger partial charge in [-0.1, -0.05) is 26.0 Å². The van der Waals surface area contributed by atoms with Crippen molar-refractivity contribution in [3.63, 3.8) is 0 Å². The molecule has 0 N–H and O–H groups in total. The Bertz CT molecular complexity index is 667. The van der Waals surface area contributed by atoms with Gasteiger partial charge in [-0.2, -0.15) is 0 Å². The van der Waals surface area contributed by atoms with Gasteiger partial charge in [-0.25, -0.2) is 4.57 Å². The monoisotopic (exact) mass is 345 g/mol. The summed E-state index contributed by atoms with van der Waals surface area (Å²) in [4.78, 5) is 0. The molecular formula is C14H18F6NP. The van der Waals surface area contributed by atoms with E-state index in [1.807, 2.05) is 0 Å². The van der Waals surface area contributed by atoms with E-state index in [-0.39, 0.29) is 0 Å². The van der Waals surface area contributed by atoms with Crippen LogP contribution in [-0.4, -0.2) is 0 Å². The molecule has 0 unspecified atom stereocenters. The summed E-state index contributed by atoms with van der Waals surface area (Å²) in [7, 11) is -8.53. The number of halogens is 6. The van der Waals surface area contributed by atoms with E-state index in [2.05, 4.69) is 55.9 Å². The Balaban J connectivity index is 0.000000295. The molecule has 0 amide bonds. The molecule has 0 aliphatic heterocycles. The van der Waals surface area contributed by atoms with Crippen LogP contribution in [0.3, 0.4) is 0 Å². The van der Waals surface area contributed by atoms with Crippen LogP contribution in [0.5, 0.6) is 0 Å². The van der Waals surface area contributed by atoms with Gasteiger partial charge in [0.2, 0.25) is 5.52 Å². The van der Waals surface area contributed by atoms with Gasteiger partial charge in [-0.15, -0.1) is 0 Å². The Morgan fingerprint density at radius 1 is 0.909 bits per heavy atom. The van der Waals surface area contributed by atoms with Gasteiger partial charge in [0.05, 0.1) is 0 Å². The fourth-order valence-corrected chi connectivity index (χ4v) is 2.31. The third-order valence-corrected chi connectivity index (χ3v) is 3.08. The first kappa shape index (κ1) is 18.7. The van der Waals surface area contributed by atoms with Gasteiger partial charge < -0.3 is 0 Å². The van der Waals surface area contributed by atoms with Gasteiger partial charge >= 0.3 is 33.0 Å². The number of nitrogens with zero attached hydrogens (tertiary/aromatic N) is 1. The molecule has 0 fully saturated rings. The third-order valence-electron chi connectivity index (χ3n) is 3.08. The summed E-state index contributed by atoms with van der Waals surface area (Å²) in [6.07, 6.45) is 4.49. The number of para-hydroxylation sites is 1. The molecule has 0 bridgehead atoms. The maximum absolute atomic E-state index is 10.7. The first-order valence-corrected chi connectivity index (χ1v) is 8.71. The van der Waals surface area contributed by atoms with Crippen LogP contribution in [0.15, 0.2) is 30.5 Å². The summed E-state index contributed by atoms with van der Waals surface area (Å²) in [5.74, 6) is 0. The molecular weight excluding hydrogens is 327 g/mol. The zero-order chi connectivity index (χ0) is 17.2. The Hall–Kier alpha value is -1.36. The molecule has 0 spiro atoms. The van der Waals surface area contributed by atoms with Crippen LogP contribution >= 0.6 is 7.81 Å². The van der Waals surface area contributed by atoms with Crippen LogP contribution < -0.4 is 4.57 Å². The summed E-state index contributed by atoms with van der Waals surface area (Å²) >= 11 is 0. The van der Waals surface area contributed by atoms with E-state index in [9.17, 15) is 25.2 Å². The molecule has 8 heteroatoms. The van der Waals surface area contributed by atoms with Crippen molar-refractivity contribution >= 4 is 18.7 Å². The van der Waals surface area contributed by atoms with Gasteiger partial charge in [0.1, 0.15) is 7.05 Å². The summed E-state index contributed by atoms with van der Waals surface area (Å²) in [6, 6.07) is 8.65. The molecule has 1 aromatic heterocycles. The Morgan fingerprint density at radius 3 is 1.86 bits per heavy atom. The average molecular weight is 345 g/mol. The molecule has 22 heavy (non-hydrogen) atoms. The zero-order valence-electron chi connectivity index (χ0n) is 12.5. The molecule has 2 aromatic rings. The van der Waals surface area contributed by atoms with Gasteiger partial charge in [0.15, 0.2) is 6.20 Å². The molecule has 0 aliphatic carbocycles. The number of fused-ring (bicyclic) bond motifs is 1. The summed E-state index contributed by atoms with van der Waals surface area (Å²) in [5.41, 5.74) is 4.30. The van der Waals surface area contributed by atoms with Crippen LogP contribution in [0.2, 0.25) is 0 Å². The van der Waals surface area contributed by atoms with Gasteiger partial charge in [-0.3, -0.25) is 0 Å². The molecule has 0 saturated heterocycles. The minimum absolute atomic E-state index is 1.11. The number of rotatable bonds is 2. The van der Waals surface area contributed by atoms with Crippen molar-refractivity contribution < 1.29 is 29.7 Å². The normalized spacial score (nSPS) is 14.8. The van der Waals surface area contributed by atoms with Crippen molar-refractivity contribution in [3.05, 3.63) is 41.6 Å². The maximum atomic E-state index is 9.87. The fourth-order valence-electron chi connectivity index (χ4n) is 2.31. The number of hydrogen-bond donors (Lipinski definition) is 0. The molecule has 1 heterocycles. The van der Waals surface area contributed by atoms with E-state index >= 15 is 0 Å². The van der Waals surface area contributed by atoms with E-state index in [0.29, 0.717) is 0 Å². The predicted octanol–water partition coefficient (Wildman–Crippen LogP) is 6.17. The molecule has 1 aromatic carbocycles. The average Bonchev–Trinajstić information content (AvgIpc) is 2.35. The zero-order valence-corrected chi connectivity index (χ0v) is 13.4. The Morgan fingerprint density at radius 2 is 1.41 bits per heavy atom. The Labute approximate surface area is 124 Å². The van der Waals surface area contributed by atoms with Crippen molar-refractivity contribution in [2.24, 2.45) is 7.05 Å². The molecule has 0 atom stereocenters. The first-order chi connectivity index (χ1) is 9.72. The van der Waals surface area contributed by atoms with E-state index in [1.54, 1.807) is 0 Å². The van der Waals surface area contributed by atoms with Gasteiger partial charge in [0.25, 0.3) is 0 Å². The minimum atomic E-state index is -10.7. The second kappa shape index (κ2) is 5.37. The molecule has 0 radical (unpaired) electrons. The van der Waals surface area contributed by atoms with Crippen LogP contribution in [-0.2, 0) is 19.9 Å². The second-order valence-corrected chi connectivity index (χ2v) is 6.84. The second-order valence-electron chi connectivity index (χ2n) is 4.93. The van der Waals surface area contributed by atoms with Crippen molar-refractivity contribution in [2.75, 3.05) is 0 Å². The number of benzene rings is 1. The summed E-state index contributed by atoms with van der Waals surface area (Å²) in [6.45, 7) is 4.46. The van der Waals surface area contributed by atoms with Crippen LogP contribution in [0.1, 0.15) is 25.0 Å². The van der Waals surface area contributed by atoms with E-state index in [0.717, 1.165) is 12.8 Å². The van der Waals surface area contributed by atoms with Crippen molar-refractivity contribution in [2.45, 2.75) is 26.7 Å². The van der Waals surface area contributed by atoms with Crippen molar-refractivity contribution in [3.8, 4) is 0 Å². The van der Waals surface area contributed by atoms with Crippen molar-refractivity contribution in [1.29, 1.82) is 0 Å². The fraction of sp³-hybridized carbons (Fsp3) is 0.357. The van der Waals surface area contributed by atoms with Gasteiger partial charge in [0, 0.05) is 17.0 Å². The molecule has 1 nitrogen and oxygen atoms in total. The number of aryl methyl sites for hydroxylation is 3. The van der Waals surface area contributed by atoms with E-state index in [4.69, 9.17) is 0 Å². The molecule has 0 saturated carbocycles. The predicted molar refractivity (Wildman–Crippen MR) is 77.4 cm³/mol. The number of hydrogen-bond acceptors (Lipinski definition) is 0. The number of pyridine rings is 1. The van der Waals surface area contributed by atoms with Crippen LogP contribution in [0, 0.1) is 0 Å².